The molecule has 88 valence electrons. The van der Waals surface area contributed by atoms with Crippen LogP contribution in [0.15, 0.2) is 53.1 Å². The summed E-state index contributed by atoms with van der Waals surface area (Å²) in [7, 11) is 0. The molecule has 2 aromatic heterocycles. The summed E-state index contributed by atoms with van der Waals surface area (Å²) in [6.45, 7) is 0. The van der Waals surface area contributed by atoms with E-state index in [-0.39, 0.29) is 0 Å². The average molecular weight is 301 g/mol. The van der Waals surface area contributed by atoms with E-state index < -0.39 is 0 Å². The van der Waals surface area contributed by atoms with Gasteiger partial charge in [-0.3, -0.25) is 9.20 Å². The summed E-state index contributed by atoms with van der Waals surface area (Å²) < 4.78 is 2.76. The van der Waals surface area contributed by atoms with E-state index >= 15 is 0 Å². The maximum atomic E-state index is 11.3. The highest BCUT2D eigenvalue weighted by Crippen LogP contribution is 2.25. The van der Waals surface area contributed by atoms with Crippen LogP contribution in [0.25, 0.3) is 16.9 Å². The summed E-state index contributed by atoms with van der Waals surface area (Å²) in [4.78, 5) is 15.8. The van der Waals surface area contributed by atoms with Crippen LogP contribution in [0.5, 0.6) is 0 Å². The molecule has 3 rings (SSSR count). The molecule has 0 spiro atoms. The Morgan fingerprint density at radius 2 is 2.06 bits per heavy atom. The fourth-order valence-corrected chi connectivity index (χ4v) is 2.37. The third kappa shape index (κ3) is 1.75. The smallest absolute Gasteiger partial charge is 0.169 e. The molecule has 0 saturated heterocycles. The number of pyridine rings is 1. The predicted molar refractivity (Wildman–Crippen MR) is 73.7 cm³/mol. The topological polar surface area (TPSA) is 34.4 Å². The summed E-state index contributed by atoms with van der Waals surface area (Å²) in [5, 5.41) is 0. The molecule has 0 aliphatic carbocycles. The molecule has 3 nitrogen and oxygen atoms in total. The fourth-order valence-electron chi connectivity index (χ4n) is 1.98. The second kappa shape index (κ2) is 4.38. The van der Waals surface area contributed by atoms with E-state index in [1.54, 1.807) is 4.40 Å². The first kappa shape index (κ1) is 11.2. The molecule has 3 aromatic rings. The molecule has 1 aromatic carbocycles. The Balaban J connectivity index is 2.32. The summed E-state index contributed by atoms with van der Waals surface area (Å²) in [5.74, 6) is 0. The molecule has 0 radical (unpaired) electrons. The molecule has 2 heterocycles. The molecule has 0 fully saturated rings. The predicted octanol–water partition coefficient (Wildman–Crippen LogP) is 3.58. The number of imidazole rings is 1. The Morgan fingerprint density at radius 3 is 2.83 bits per heavy atom. The number of carbonyl (C=O) groups is 1. The molecule has 0 atom stereocenters. The summed E-state index contributed by atoms with van der Waals surface area (Å²) in [5.41, 5.74) is 2.98. The van der Waals surface area contributed by atoms with Gasteiger partial charge in [-0.15, -0.1) is 0 Å². The van der Waals surface area contributed by atoms with Crippen molar-refractivity contribution in [2.75, 3.05) is 0 Å². The molecular formula is C14H9BrN2O. The van der Waals surface area contributed by atoms with Gasteiger partial charge >= 0.3 is 0 Å². The quantitative estimate of drug-likeness (QED) is 0.678. The van der Waals surface area contributed by atoms with Gasteiger partial charge in [0.15, 0.2) is 6.29 Å². The second-order valence-corrected chi connectivity index (χ2v) is 4.82. The van der Waals surface area contributed by atoms with Gasteiger partial charge in [-0.05, 0) is 24.3 Å². The Bertz CT molecular complexity index is 733. The SMILES string of the molecule is O=Cc1c(-c2cccc(Br)c2)nc2ccccn12. The van der Waals surface area contributed by atoms with Crippen molar-refractivity contribution in [3.63, 3.8) is 0 Å². The molecule has 0 bridgehead atoms. The van der Waals surface area contributed by atoms with Crippen LogP contribution in [-0.2, 0) is 0 Å². The Morgan fingerprint density at radius 1 is 1.17 bits per heavy atom. The molecule has 0 saturated carbocycles. The molecule has 18 heavy (non-hydrogen) atoms. The Hall–Kier alpha value is -1.94. The lowest BCUT2D eigenvalue weighted by Crippen LogP contribution is -1.91. The summed E-state index contributed by atoms with van der Waals surface area (Å²) in [6, 6.07) is 13.4. The lowest BCUT2D eigenvalue weighted by Gasteiger charge is -1.99. The first-order chi connectivity index (χ1) is 8.79. The van der Waals surface area contributed by atoms with Gasteiger partial charge in [0, 0.05) is 16.2 Å². The largest absolute Gasteiger partial charge is 0.297 e. The molecule has 0 N–H and O–H groups in total. The Labute approximate surface area is 112 Å². The highest BCUT2D eigenvalue weighted by atomic mass is 79.9. The number of hydrogen-bond acceptors (Lipinski definition) is 2. The van der Waals surface area contributed by atoms with Crippen molar-refractivity contribution in [3.8, 4) is 11.3 Å². The van der Waals surface area contributed by atoms with Gasteiger partial charge in [0.25, 0.3) is 0 Å². The zero-order valence-electron chi connectivity index (χ0n) is 9.38. The van der Waals surface area contributed by atoms with E-state index in [1.807, 2.05) is 48.7 Å². The van der Waals surface area contributed by atoms with Crippen LogP contribution >= 0.6 is 15.9 Å². The molecule has 0 amide bonds. The van der Waals surface area contributed by atoms with E-state index in [9.17, 15) is 4.79 Å². The van der Waals surface area contributed by atoms with Crippen LogP contribution in [0.1, 0.15) is 10.5 Å². The summed E-state index contributed by atoms with van der Waals surface area (Å²) >= 11 is 3.43. The van der Waals surface area contributed by atoms with Gasteiger partial charge in [-0.25, -0.2) is 4.98 Å². The number of fused-ring (bicyclic) bond motifs is 1. The lowest BCUT2D eigenvalue weighted by atomic mass is 10.1. The van der Waals surface area contributed by atoms with Crippen molar-refractivity contribution < 1.29 is 4.79 Å². The number of benzene rings is 1. The van der Waals surface area contributed by atoms with Crippen LogP contribution in [-0.4, -0.2) is 15.7 Å². The minimum Gasteiger partial charge on any atom is -0.297 e. The van der Waals surface area contributed by atoms with Gasteiger partial charge in [0.05, 0.1) is 0 Å². The maximum Gasteiger partial charge on any atom is 0.169 e. The van der Waals surface area contributed by atoms with Crippen molar-refractivity contribution in [2.45, 2.75) is 0 Å². The van der Waals surface area contributed by atoms with Crippen LogP contribution < -0.4 is 0 Å². The van der Waals surface area contributed by atoms with Crippen LogP contribution in [0.2, 0.25) is 0 Å². The van der Waals surface area contributed by atoms with Crippen LogP contribution in [0.3, 0.4) is 0 Å². The van der Waals surface area contributed by atoms with Crippen LogP contribution in [0.4, 0.5) is 0 Å². The van der Waals surface area contributed by atoms with Crippen molar-refractivity contribution in [3.05, 3.63) is 58.8 Å². The van der Waals surface area contributed by atoms with E-state index in [2.05, 4.69) is 20.9 Å². The van der Waals surface area contributed by atoms with Crippen molar-refractivity contribution in [1.82, 2.24) is 9.38 Å². The van der Waals surface area contributed by atoms with E-state index in [1.165, 1.54) is 0 Å². The number of carbonyl (C=O) groups excluding carboxylic acids is 1. The first-order valence-corrected chi connectivity index (χ1v) is 6.27. The van der Waals surface area contributed by atoms with Crippen molar-refractivity contribution in [1.29, 1.82) is 0 Å². The fraction of sp³-hybridized carbons (Fsp3) is 0. The zero-order valence-corrected chi connectivity index (χ0v) is 11.0. The maximum absolute atomic E-state index is 11.3. The number of hydrogen-bond donors (Lipinski definition) is 0. The first-order valence-electron chi connectivity index (χ1n) is 5.48. The number of aldehydes is 1. The molecule has 0 aliphatic heterocycles. The minimum absolute atomic E-state index is 0.573. The van der Waals surface area contributed by atoms with Gasteiger partial charge in [-0.2, -0.15) is 0 Å². The number of aromatic nitrogens is 2. The Kier molecular flexibility index (Phi) is 2.72. The van der Waals surface area contributed by atoms with Crippen molar-refractivity contribution >= 4 is 27.9 Å². The summed E-state index contributed by atoms with van der Waals surface area (Å²) in [6.07, 6.45) is 2.68. The van der Waals surface area contributed by atoms with Crippen LogP contribution in [0, 0.1) is 0 Å². The van der Waals surface area contributed by atoms with Gasteiger partial charge in [0.1, 0.15) is 17.0 Å². The highest BCUT2D eigenvalue weighted by Gasteiger charge is 2.12. The zero-order chi connectivity index (χ0) is 12.5. The molecular weight excluding hydrogens is 292 g/mol. The third-order valence-electron chi connectivity index (χ3n) is 2.78. The van der Waals surface area contributed by atoms with Gasteiger partial charge in [-0.1, -0.05) is 34.1 Å². The molecule has 4 heteroatoms. The molecule has 0 unspecified atom stereocenters. The standard InChI is InChI=1S/C14H9BrN2O/c15-11-5-3-4-10(8-11)14-12(9-18)17-7-2-1-6-13(17)16-14/h1-9H. The van der Waals surface area contributed by atoms with E-state index in [4.69, 9.17) is 0 Å². The minimum atomic E-state index is 0.573. The lowest BCUT2D eigenvalue weighted by molar-refractivity contribution is 0.111. The number of rotatable bonds is 2. The highest BCUT2D eigenvalue weighted by molar-refractivity contribution is 9.10. The average Bonchev–Trinajstić information content (AvgIpc) is 2.77. The van der Waals surface area contributed by atoms with E-state index in [0.717, 1.165) is 22.0 Å². The van der Waals surface area contributed by atoms with Gasteiger partial charge < -0.3 is 0 Å². The second-order valence-electron chi connectivity index (χ2n) is 3.90. The number of halogens is 1. The van der Waals surface area contributed by atoms with Crippen molar-refractivity contribution in [2.24, 2.45) is 0 Å². The normalized spacial score (nSPS) is 10.7. The van der Waals surface area contributed by atoms with E-state index in [0.29, 0.717) is 11.4 Å². The van der Waals surface area contributed by atoms with Gasteiger partial charge in [0.2, 0.25) is 0 Å². The third-order valence-corrected chi connectivity index (χ3v) is 3.27. The molecule has 0 aliphatic rings. The number of nitrogens with zero attached hydrogens (tertiary/aromatic N) is 2. The monoisotopic (exact) mass is 300 g/mol.